The van der Waals surface area contributed by atoms with E-state index in [1.807, 2.05) is 38.6 Å². The number of H-pyrrole nitrogens is 4. The second-order valence-electron chi connectivity index (χ2n) is 6.46. The second kappa shape index (κ2) is 16.7. The van der Waals surface area contributed by atoms with Crippen molar-refractivity contribution in [3.63, 3.8) is 0 Å². The maximum absolute atomic E-state index is 10.2. The zero-order valence-corrected chi connectivity index (χ0v) is 20.3. The van der Waals surface area contributed by atoms with Gasteiger partial charge in [0.1, 0.15) is 24.8 Å². The Labute approximate surface area is 219 Å². The Morgan fingerprint density at radius 1 is 0.622 bits per heavy atom. The van der Waals surface area contributed by atoms with Gasteiger partial charge in [0.05, 0.1) is 46.7 Å². The number of nitrogens with one attached hydrogen (secondary N) is 4. The number of imidazole rings is 2. The third-order valence-corrected chi connectivity index (χ3v) is 3.70. The summed E-state index contributed by atoms with van der Waals surface area (Å²) >= 11 is 0. The number of carbonyl (C=O) groups is 4. The first-order valence-electron chi connectivity index (χ1n) is 9.84. The number of aromatic carboxylic acids is 4. The first-order chi connectivity index (χ1) is 17.0. The Morgan fingerprint density at radius 3 is 1.03 bits per heavy atom. The van der Waals surface area contributed by atoms with E-state index in [0.717, 1.165) is 35.9 Å². The number of hydrogen-bond donors (Lipinski definition) is 2. The predicted molar refractivity (Wildman–Crippen MR) is 110 cm³/mol. The van der Waals surface area contributed by atoms with Crippen molar-refractivity contribution in [2.24, 2.45) is 0 Å². The summed E-state index contributed by atoms with van der Waals surface area (Å²) < 4.78 is 0. The largest absolute Gasteiger partial charge is 2.00 e. The van der Waals surface area contributed by atoms with Crippen LogP contribution in [0.4, 0.5) is 0 Å². The normalized spacial score (nSPS) is 8.92. The van der Waals surface area contributed by atoms with E-state index in [0.29, 0.717) is 0 Å². The van der Waals surface area contributed by atoms with E-state index >= 15 is 0 Å². The fourth-order valence-electron chi connectivity index (χ4n) is 2.07. The summed E-state index contributed by atoms with van der Waals surface area (Å²) in [5.74, 6) is -3.88. The van der Waals surface area contributed by atoms with E-state index in [4.69, 9.17) is 0 Å². The number of carbonyl (C=O) groups excluding carboxylic acids is 4. The molecule has 0 bridgehead atoms. The fraction of sp³-hybridized carbons (Fsp3) is 0.0909. The summed E-state index contributed by atoms with van der Waals surface area (Å²) in [6.07, 6.45) is 7.43. The Balaban J connectivity index is 0.000000485. The van der Waals surface area contributed by atoms with Crippen LogP contribution >= 0.6 is 0 Å². The summed E-state index contributed by atoms with van der Waals surface area (Å²) in [7, 11) is 0. The zero-order valence-electron chi connectivity index (χ0n) is 19.3. The van der Waals surface area contributed by atoms with Crippen LogP contribution in [0.3, 0.4) is 0 Å². The minimum atomic E-state index is -1.52. The Kier molecular flexibility index (Phi) is 14.5. The van der Waals surface area contributed by atoms with Crippen LogP contribution in [0.2, 0.25) is 0 Å². The van der Waals surface area contributed by atoms with E-state index in [9.17, 15) is 39.6 Å². The molecule has 4 aromatic heterocycles. The SMILES string of the molecule is Cc1[nH]cc[nH+]1.Cc1[nH]cc[nH+]1.O=C([O-])c1cccc(C(=O)[O-])n1.O=C([O-])c1cccc(C(=O)[O-])n1.[Co+2]. The first-order valence-corrected chi connectivity index (χ1v) is 9.84. The molecule has 4 N–H and O–H groups in total. The van der Waals surface area contributed by atoms with Gasteiger partial charge in [-0.3, -0.25) is 0 Å². The molecule has 0 saturated carbocycles. The average Bonchev–Trinajstić information content (AvgIpc) is 3.53. The zero-order chi connectivity index (χ0) is 27.1. The van der Waals surface area contributed by atoms with Gasteiger partial charge < -0.3 is 39.6 Å². The molecular weight excluding hydrogens is 535 g/mol. The van der Waals surface area contributed by atoms with Gasteiger partial charge in [-0.1, -0.05) is 12.1 Å². The molecule has 0 spiro atoms. The summed E-state index contributed by atoms with van der Waals surface area (Å²) in [6, 6.07) is 7.07. The van der Waals surface area contributed by atoms with E-state index in [1.54, 1.807) is 0 Å². The fourth-order valence-corrected chi connectivity index (χ4v) is 2.07. The minimum absolute atomic E-state index is 0. The molecule has 14 nitrogen and oxygen atoms in total. The Bertz CT molecular complexity index is 1120. The summed E-state index contributed by atoms with van der Waals surface area (Å²) in [4.78, 5) is 59.0. The van der Waals surface area contributed by atoms with Gasteiger partial charge in [-0.15, -0.1) is 0 Å². The molecule has 0 unspecified atom stereocenters. The minimum Gasteiger partial charge on any atom is -0.543 e. The molecule has 1 radical (unpaired) electrons. The van der Waals surface area contributed by atoms with Gasteiger partial charge in [-0.25, -0.2) is 29.9 Å². The molecule has 0 aromatic carbocycles. The van der Waals surface area contributed by atoms with Crippen molar-refractivity contribution in [1.29, 1.82) is 0 Å². The van der Waals surface area contributed by atoms with Crippen LogP contribution in [-0.4, -0.2) is 43.8 Å². The number of aryl methyl sites for hydroxylation is 2. The van der Waals surface area contributed by atoms with Crippen LogP contribution in [0.15, 0.2) is 61.2 Å². The van der Waals surface area contributed by atoms with Gasteiger partial charge in [0.15, 0.2) is 0 Å². The van der Waals surface area contributed by atoms with Crippen LogP contribution in [0.25, 0.3) is 0 Å². The number of pyridine rings is 2. The van der Waals surface area contributed by atoms with Gasteiger partial charge in [0.2, 0.25) is 11.6 Å². The summed E-state index contributed by atoms with van der Waals surface area (Å²) in [5.41, 5.74) is -1.68. The molecular formula is C22H20CoN6O8. The van der Waals surface area contributed by atoms with Crippen LogP contribution in [-0.2, 0) is 16.8 Å². The molecule has 0 aliphatic heterocycles. The summed E-state index contributed by atoms with van der Waals surface area (Å²) in [6.45, 7) is 3.94. The topological polar surface area (TPSA) is 246 Å². The quantitative estimate of drug-likeness (QED) is 0.246. The maximum Gasteiger partial charge on any atom is 2.00 e. The van der Waals surface area contributed by atoms with Gasteiger partial charge in [-0.2, -0.15) is 0 Å². The Morgan fingerprint density at radius 2 is 0.892 bits per heavy atom. The van der Waals surface area contributed by atoms with Crippen molar-refractivity contribution >= 4 is 23.9 Å². The smallest absolute Gasteiger partial charge is 0.543 e. The second-order valence-corrected chi connectivity index (χ2v) is 6.46. The maximum atomic E-state index is 10.2. The van der Waals surface area contributed by atoms with Gasteiger partial charge in [0.25, 0.3) is 0 Å². The first kappa shape index (κ1) is 32.1. The molecule has 4 aromatic rings. The van der Waals surface area contributed by atoms with Crippen LogP contribution < -0.4 is 30.4 Å². The third kappa shape index (κ3) is 13.0. The number of aromatic amines is 4. The molecule has 0 saturated heterocycles. The van der Waals surface area contributed by atoms with E-state index in [-0.39, 0.29) is 16.8 Å². The third-order valence-electron chi connectivity index (χ3n) is 3.70. The van der Waals surface area contributed by atoms with Gasteiger partial charge in [-0.05, 0) is 24.3 Å². The molecule has 37 heavy (non-hydrogen) atoms. The van der Waals surface area contributed by atoms with Crippen molar-refractivity contribution in [3.8, 4) is 0 Å². The molecule has 15 heteroatoms. The standard InChI is InChI=1S/2C7H5NO4.2C4H6N2.Co/c2*9-6(10)4-2-1-3-5(8-4)7(11)12;2*1-4-5-2-3-6-4;/h2*1-3H,(H,9,10)(H,11,12);2*2-3H,1H3,(H,5,6);/q;;;;+2/p-2. The predicted octanol–water partition coefficient (Wildman–Crippen LogP) is -4.11. The van der Waals surface area contributed by atoms with E-state index < -0.39 is 46.7 Å². The van der Waals surface area contributed by atoms with E-state index in [1.165, 1.54) is 12.1 Å². The number of carboxylic acid groups (broad SMARTS) is 4. The van der Waals surface area contributed by atoms with Crippen molar-refractivity contribution in [2.75, 3.05) is 0 Å². The van der Waals surface area contributed by atoms with Crippen molar-refractivity contribution in [1.82, 2.24) is 19.9 Å². The molecule has 0 fully saturated rings. The monoisotopic (exact) mass is 555 g/mol. The number of aromatic nitrogens is 6. The van der Waals surface area contributed by atoms with Crippen LogP contribution in [0.5, 0.6) is 0 Å². The molecule has 0 atom stereocenters. The molecule has 0 aliphatic rings. The molecule has 0 amide bonds. The average molecular weight is 555 g/mol. The number of carboxylic acids is 4. The van der Waals surface area contributed by atoms with Crippen molar-refractivity contribution < 1.29 is 66.4 Å². The Hall–Kier alpha value is -4.89. The van der Waals surface area contributed by atoms with Gasteiger partial charge >= 0.3 is 16.8 Å². The van der Waals surface area contributed by atoms with Crippen LogP contribution in [0.1, 0.15) is 53.6 Å². The van der Waals surface area contributed by atoms with Gasteiger partial charge in [0, 0.05) is 13.8 Å². The van der Waals surface area contributed by atoms with Crippen molar-refractivity contribution in [3.05, 3.63) is 95.6 Å². The number of rotatable bonds is 4. The van der Waals surface area contributed by atoms with Crippen molar-refractivity contribution in [2.45, 2.75) is 13.8 Å². The molecule has 195 valence electrons. The molecule has 4 rings (SSSR count). The number of hydrogen-bond acceptors (Lipinski definition) is 10. The van der Waals surface area contributed by atoms with E-state index in [2.05, 4.69) is 29.9 Å². The molecule has 0 aliphatic carbocycles. The number of nitrogens with zero attached hydrogens (tertiary/aromatic N) is 2. The van der Waals surface area contributed by atoms with Crippen LogP contribution in [0, 0.1) is 13.8 Å². The summed E-state index contributed by atoms with van der Waals surface area (Å²) in [5, 5.41) is 40.8. The molecule has 4 heterocycles.